The molecule has 0 aromatic heterocycles. The van der Waals surface area contributed by atoms with Crippen molar-refractivity contribution in [2.75, 3.05) is 11.8 Å². The van der Waals surface area contributed by atoms with Gasteiger partial charge in [0.15, 0.2) is 0 Å². The second kappa shape index (κ2) is 9.34. The van der Waals surface area contributed by atoms with Crippen molar-refractivity contribution in [1.82, 2.24) is 0 Å². The van der Waals surface area contributed by atoms with Crippen LogP contribution >= 0.6 is 0 Å². The SMILES string of the molecule is COc1c(-c2ccc(F)cc2C)cc(S(=O)(=O)Nc2ccc(F)c(CC(=O)O)c2)c2ccccc12. The molecule has 0 fully saturated rings. The third-order valence-electron chi connectivity index (χ3n) is 5.57. The normalized spacial score (nSPS) is 11.4. The Hall–Kier alpha value is -3.98. The molecule has 0 heterocycles. The molecule has 0 aliphatic carbocycles. The smallest absolute Gasteiger partial charge is 0.307 e. The fraction of sp³-hybridized carbons (Fsp3) is 0.115. The number of rotatable bonds is 7. The Morgan fingerprint density at radius 2 is 1.69 bits per heavy atom. The lowest BCUT2D eigenvalue weighted by molar-refractivity contribution is -0.136. The Kier molecular flexibility index (Phi) is 6.45. The molecule has 6 nitrogen and oxygen atoms in total. The van der Waals surface area contributed by atoms with Crippen LogP contribution < -0.4 is 9.46 Å². The van der Waals surface area contributed by atoms with E-state index in [1.165, 1.54) is 31.4 Å². The van der Waals surface area contributed by atoms with Crippen LogP contribution in [-0.2, 0) is 21.2 Å². The van der Waals surface area contributed by atoms with Gasteiger partial charge in [-0.1, -0.05) is 30.3 Å². The van der Waals surface area contributed by atoms with Crippen molar-refractivity contribution in [3.05, 3.63) is 89.5 Å². The lowest BCUT2D eigenvalue weighted by atomic mass is 9.96. The van der Waals surface area contributed by atoms with Gasteiger partial charge in [0.25, 0.3) is 10.0 Å². The van der Waals surface area contributed by atoms with Crippen LogP contribution in [0.25, 0.3) is 21.9 Å². The van der Waals surface area contributed by atoms with E-state index in [4.69, 9.17) is 9.84 Å². The van der Waals surface area contributed by atoms with Gasteiger partial charge in [-0.15, -0.1) is 0 Å². The Morgan fingerprint density at radius 1 is 0.971 bits per heavy atom. The maximum atomic E-state index is 14.0. The molecule has 180 valence electrons. The van der Waals surface area contributed by atoms with Gasteiger partial charge >= 0.3 is 5.97 Å². The van der Waals surface area contributed by atoms with Gasteiger partial charge in [0.05, 0.1) is 18.4 Å². The number of carboxylic acid groups (broad SMARTS) is 1. The number of fused-ring (bicyclic) bond motifs is 1. The van der Waals surface area contributed by atoms with Crippen LogP contribution in [0.1, 0.15) is 11.1 Å². The molecule has 0 aliphatic heterocycles. The van der Waals surface area contributed by atoms with Gasteiger partial charge in [-0.2, -0.15) is 0 Å². The molecule has 9 heteroatoms. The van der Waals surface area contributed by atoms with E-state index in [1.807, 2.05) is 0 Å². The Bertz CT molecular complexity index is 1570. The number of benzene rings is 4. The number of hydrogen-bond donors (Lipinski definition) is 2. The van der Waals surface area contributed by atoms with E-state index in [9.17, 15) is 22.0 Å². The summed E-state index contributed by atoms with van der Waals surface area (Å²) < 4.78 is 62.9. The van der Waals surface area contributed by atoms with Crippen molar-refractivity contribution < 1.29 is 31.8 Å². The number of carboxylic acids is 1. The molecule has 0 spiro atoms. The molecule has 0 saturated heterocycles. The third kappa shape index (κ3) is 4.81. The molecule has 0 unspecified atom stereocenters. The Balaban J connectivity index is 1.91. The summed E-state index contributed by atoms with van der Waals surface area (Å²) in [5.74, 6) is -1.99. The van der Waals surface area contributed by atoms with Gasteiger partial charge in [0.1, 0.15) is 17.4 Å². The summed E-state index contributed by atoms with van der Waals surface area (Å²) in [5, 5.41) is 9.91. The minimum atomic E-state index is -4.22. The highest BCUT2D eigenvalue weighted by Crippen LogP contribution is 2.42. The molecule has 0 saturated carbocycles. The van der Waals surface area contributed by atoms with Crippen molar-refractivity contribution >= 4 is 32.5 Å². The highest BCUT2D eigenvalue weighted by Gasteiger charge is 2.24. The topological polar surface area (TPSA) is 92.7 Å². The van der Waals surface area contributed by atoms with Crippen LogP contribution in [0.3, 0.4) is 0 Å². The van der Waals surface area contributed by atoms with Crippen LogP contribution in [0.5, 0.6) is 5.75 Å². The maximum Gasteiger partial charge on any atom is 0.307 e. The average Bonchev–Trinajstić information content (AvgIpc) is 2.79. The number of nitrogens with one attached hydrogen (secondary N) is 1. The monoisotopic (exact) mass is 497 g/mol. The van der Waals surface area contributed by atoms with E-state index in [-0.39, 0.29) is 16.1 Å². The number of sulfonamides is 1. The molecule has 0 amide bonds. The minimum absolute atomic E-state index is 0.0158. The first kappa shape index (κ1) is 24.2. The molecule has 4 aromatic carbocycles. The van der Waals surface area contributed by atoms with Crippen molar-refractivity contribution in [3.63, 3.8) is 0 Å². The van der Waals surface area contributed by atoms with Gasteiger partial charge in [-0.05, 0) is 54.4 Å². The molecule has 4 rings (SSSR count). The zero-order chi connectivity index (χ0) is 25.3. The summed E-state index contributed by atoms with van der Waals surface area (Å²) in [6.45, 7) is 1.71. The number of hydrogen-bond acceptors (Lipinski definition) is 4. The first-order valence-electron chi connectivity index (χ1n) is 10.5. The number of aryl methyl sites for hydroxylation is 1. The molecular formula is C26H21F2NO5S. The van der Waals surface area contributed by atoms with Gasteiger partial charge in [0.2, 0.25) is 0 Å². The van der Waals surface area contributed by atoms with Gasteiger partial charge in [-0.25, -0.2) is 17.2 Å². The van der Waals surface area contributed by atoms with E-state index >= 15 is 0 Å². The molecule has 0 radical (unpaired) electrons. The van der Waals surface area contributed by atoms with Crippen LogP contribution in [0.2, 0.25) is 0 Å². The number of ether oxygens (including phenoxy) is 1. The third-order valence-corrected chi connectivity index (χ3v) is 6.99. The van der Waals surface area contributed by atoms with Crippen LogP contribution in [0.15, 0.2) is 71.6 Å². The summed E-state index contributed by atoms with van der Waals surface area (Å²) in [5.41, 5.74) is 1.50. The second-order valence-electron chi connectivity index (χ2n) is 7.94. The van der Waals surface area contributed by atoms with Gasteiger partial charge < -0.3 is 9.84 Å². The van der Waals surface area contributed by atoms with Crippen molar-refractivity contribution in [1.29, 1.82) is 0 Å². The summed E-state index contributed by atoms with van der Waals surface area (Å²) in [6.07, 6.45) is -0.596. The predicted octanol–water partition coefficient (Wildman–Crippen LogP) is 5.53. The molecule has 2 N–H and O–H groups in total. The number of halogens is 2. The molecule has 0 aliphatic rings. The lowest BCUT2D eigenvalue weighted by Gasteiger charge is -2.18. The number of anilines is 1. The Labute approximate surface area is 200 Å². The maximum absolute atomic E-state index is 14.0. The van der Waals surface area contributed by atoms with E-state index in [2.05, 4.69) is 4.72 Å². The number of methoxy groups -OCH3 is 1. The first-order valence-corrected chi connectivity index (χ1v) is 12.0. The molecule has 35 heavy (non-hydrogen) atoms. The van der Waals surface area contributed by atoms with Crippen molar-refractivity contribution in [2.45, 2.75) is 18.2 Å². The summed E-state index contributed by atoms with van der Waals surface area (Å²) >= 11 is 0. The number of carbonyl (C=O) groups is 1. The largest absolute Gasteiger partial charge is 0.495 e. The van der Waals surface area contributed by atoms with Crippen molar-refractivity contribution in [2.24, 2.45) is 0 Å². The second-order valence-corrected chi connectivity index (χ2v) is 9.59. The van der Waals surface area contributed by atoms with Crippen molar-refractivity contribution in [3.8, 4) is 16.9 Å². The molecule has 0 atom stereocenters. The molecule has 0 bridgehead atoms. The first-order chi connectivity index (χ1) is 16.6. The summed E-state index contributed by atoms with van der Waals surface area (Å²) in [6, 6.07) is 15.8. The van der Waals surface area contributed by atoms with Gasteiger partial charge in [0, 0.05) is 27.6 Å². The van der Waals surface area contributed by atoms with Crippen LogP contribution in [0, 0.1) is 18.6 Å². The fourth-order valence-electron chi connectivity index (χ4n) is 4.03. The zero-order valence-electron chi connectivity index (χ0n) is 18.8. The van der Waals surface area contributed by atoms with E-state index in [0.29, 0.717) is 33.2 Å². The predicted molar refractivity (Wildman–Crippen MR) is 129 cm³/mol. The standard InChI is InChI=1S/C26H21F2NO5S/c1-15-11-17(27)7-9-19(15)22-14-24(20-5-3-4-6-21(20)26(22)34-2)35(32,33)29-18-8-10-23(28)16(12-18)13-25(30)31/h3-12,14,29H,13H2,1-2H3,(H,30,31). The minimum Gasteiger partial charge on any atom is -0.495 e. The quantitative estimate of drug-likeness (QED) is 0.350. The summed E-state index contributed by atoms with van der Waals surface area (Å²) in [7, 11) is -2.75. The lowest BCUT2D eigenvalue weighted by Crippen LogP contribution is -2.14. The fourth-order valence-corrected chi connectivity index (χ4v) is 5.32. The summed E-state index contributed by atoms with van der Waals surface area (Å²) in [4.78, 5) is 11.0. The van der Waals surface area contributed by atoms with Gasteiger partial charge in [-0.3, -0.25) is 9.52 Å². The Morgan fingerprint density at radius 3 is 2.34 bits per heavy atom. The molecular weight excluding hydrogens is 476 g/mol. The van der Waals surface area contributed by atoms with E-state index in [0.717, 1.165) is 12.1 Å². The highest BCUT2D eigenvalue weighted by molar-refractivity contribution is 7.93. The highest BCUT2D eigenvalue weighted by atomic mass is 32.2. The van der Waals surface area contributed by atoms with Crippen LogP contribution in [0.4, 0.5) is 14.5 Å². The van der Waals surface area contributed by atoms with Crippen LogP contribution in [-0.4, -0.2) is 26.6 Å². The number of aliphatic carboxylic acids is 1. The zero-order valence-corrected chi connectivity index (χ0v) is 19.6. The van der Waals surface area contributed by atoms with E-state index < -0.39 is 34.0 Å². The molecule has 4 aromatic rings. The average molecular weight is 498 g/mol. The van der Waals surface area contributed by atoms with E-state index in [1.54, 1.807) is 37.3 Å².